The maximum atomic E-state index is 12.8. The summed E-state index contributed by atoms with van der Waals surface area (Å²) in [7, 11) is 0. The molecule has 5 rings (SSSR count). The van der Waals surface area contributed by atoms with Crippen molar-refractivity contribution in [2.75, 3.05) is 24.5 Å². The van der Waals surface area contributed by atoms with E-state index in [1.54, 1.807) is 18.2 Å². The summed E-state index contributed by atoms with van der Waals surface area (Å²) in [6.07, 6.45) is 2.06. The summed E-state index contributed by atoms with van der Waals surface area (Å²) in [6.45, 7) is 5.36. The molecule has 1 aromatic carbocycles. The molecule has 0 radical (unpaired) electrons. The molecule has 0 bridgehead atoms. The summed E-state index contributed by atoms with van der Waals surface area (Å²) in [5, 5.41) is 20.9. The van der Waals surface area contributed by atoms with Gasteiger partial charge in [-0.2, -0.15) is 5.26 Å². The maximum Gasteiger partial charge on any atom is 0.277 e. The van der Waals surface area contributed by atoms with Crippen molar-refractivity contribution in [1.82, 2.24) is 14.8 Å². The number of nitriles is 1. The lowest BCUT2D eigenvalue weighted by atomic mass is 10.2. The highest BCUT2D eigenvalue weighted by Gasteiger charge is 2.24. The zero-order valence-corrected chi connectivity index (χ0v) is 19.6. The number of benzene rings is 1. The Morgan fingerprint density at radius 1 is 1.29 bits per heavy atom. The van der Waals surface area contributed by atoms with Gasteiger partial charge in [0.1, 0.15) is 11.9 Å². The fourth-order valence-electron chi connectivity index (χ4n) is 4.06. The van der Waals surface area contributed by atoms with Crippen molar-refractivity contribution < 1.29 is 23.4 Å². The fourth-order valence-corrected chi connectivity index (χ4v) is 4.62. The number of rotatable bonds is 7. The van der Waals surface area contributed by atoms with Crippen molar-refractivity contribution in [3.63, 3.8) is 0 Å². The Balaban J connectivity index is 1.25. The first-order chi connectivity index (χ1) is 16.5. The van der Waals surface area contributed by atoms with Crippen LogP contribution in [0.2, 0.25) is 0 Å². The van der Waals surface area contributed by atoms with Gasteiger partial charge in [0.2, 0.25) is 18.6 Å². The number of anilines is 1. The monoisotopic (exact) mass is 481 g/mol. The van der Waals surface area contributed by atoms with Gasteiger partial charge in [-0.25, -0.2) is 0 Å². The van der Waals surface area contributed by atoms with Crippen LogP contribution in [0.3, 0.4) is 0 Å². The molecule has 3 aromatic rings. The average molecular weight is 482 g/mol. The molecular formula is C23H23N5O5S. The van der Waals surface area contributed by atoms with Crippen LogP contribution < -0.4 is 14.8 Å². The van der Waals surface area contributed by atoms with Crippen LogP contribution in [0.15, 0.2) is 27.8 Å². The Labute approximate surface area is 200 Å². The molecule has 176 valence electrons. The van der Waals surface area contributed by atoms with E-state index >= 15 is 0 Å². The van der Waals surface area contributed by atoms with E-state index in [2.05, 4.69) is 21.6 Å². The Morgan fingerprint density at radius 3 is 2.94 bits per heavy atom. The van der Waals surface area contributed by atoms with Gasteiger partial charge < -0.3 is 28.5 Å². The second-order valence-corrected chi connectivity index (χ2v) is 9.00. The Hall–Kier alpha value is -3.49. The standard InChI is InChI=1S/C23H23N5O5S/c1-13-14(2)28(10-16-4-3-7-30-16)21(17(13)9-24)25-20(29)11-34-23-27-26-22(33-23)15-5-6-18-19(8-15)32-12-31-18/h5-6,8,16H,3-4,7,10-12H2,1-2H3,(H,25,29)/t16-/m0/s1. The second kappa shape index (κ2) is 9.40. The van der Waals surface area contributed by atoms with Crippen molar-refractivity contribution in [2.45, 2.75) is 44.6 Å². The van der Waals surface area contributed by atoms with Gasteiger partial charge in [0, 0.05) is 17.9 Å². The summed E-state index contributed by atoms with van der Waals surface area (Å²) in [6, 6.07) is 7.58. The van der Waals surface area contributed by atoms with Crippen molar-refractivity contribution >= 4 is 23.5 Å². The summed E-state index contributed by atoms with van der Waals surface area (Å²) in [4.78, 5) is 12.8. The molecule has 2 aliphatic heterocycles. The van der Waals surface area contributed by atoms with E-state index in [1.807, 2.05) is 18.4 Å². The molecule has 1 saturated heterocycles. The predicted octanol–water partition coefficient (Wildman–Crippen LogP) is 3.67. The normalized spacial score (nSPS) is 16.6. The number of nitrogens with zero attached hydrogens (tertiary/aromatic N) is 4. The summed E-state index contributed by atoms with van der Waals surface area (Å²) in [5.74, 6) is 1.90. The smallest absolute Gasteiger partial charge is 0.277 e. The molecule has 11 heteroatoms. The molecule has 1 amide bonds. The van der Waals surface area contributed by atoms with Crippen LogP contribution in [-0.4, -0.2) is 45.9 Å². The molecule has 0 aliphatic carbocycles. The van der Waals surface area contributed by atoms with Gasteiger partial charge in [0.05, 0.1) is 24.0 Å². The third-order valence-corrected chi connectivity index (χ3v) is 6.78. The molecule has 2 aromatic heterocycles. The highest BCUT2D eigenvalue weighted by atomic mass is 32.2. The number of aromatic nitrogens is 3. The molecular weight excluding hydrogens is 458 g/mol. The first-order valence-corrected chi connectivity index (χ1v) is 11.9. The van der Waals surface area contributed by atoms with Crippen molar-refractivity contribution in [2.24, 2.45) is 0 Å². The van der Waals surface area contributed by atoms with E-state index in [0.717, 1.165) is 42.5 Å². The topological polar surface area (TPSA) is 124 Å². The largest absolute Gasteiger partial charge is 0.454 e. The van der Waals surface area contributed by atoms with Gasteiger partial charge in [-0.15, -0.1) is 10.2 Å². The van der Waals surface area contributed by atoms with Crippen molar-refractivity contribution in [3.8, 4) is 29.0 Å². The maximum absolute atomic E-state index is 12.8. The number of hydrogen-bond acceptors (Lipinski definition) is 9. The quantitative estimate of drug-likeness (QED) is 0.503. The van der Waals surface area contributed by atoms with Gasteiger partial charge in [-0.05, 0) is 50.5 Å². The van der Waals surface area contributed by atoms with E-state index in [1.165, 1.54) is 0 Å². The van der Waals surface area contributed by atoms with E-state index in [4.69, 9.17) is 18.6 Å². The highest BCUT2D eigenvalue weighted by molar-refractivity contribution is 7.99. The lowest BCUT2D eigenvalue weighted by molar-refractivity contribution is -0.113. The Bertz CT molecular complexity index is 1270. The number of carbonyl (C=O) groups excluding carboxylic acids is 1. The zero-order chi connectivity index (χ0) is 23.7. The van der Waals surface area contributed by atoms with Crippen LogP contribution in [0.5, 0.6) is 11.5 Å². The summed E-state index contributed by atoms with van der Waals surface area (Å²) < 4.78 is 24.1. The van der Waals surface area contributed by atoms with Gasteiger partial charge >= 0.3 is 0 Å². The predicted molar refractivity (Wildman–Crippen MR) is 123 cm³/mol. The second-order valence-electron chi connectivity index (χ2n) is 8.07. The van der Waals surface area contributed by atoms with Crippen LogP contribution in [-0.2, 0) is 16.1 Å². The molecule has 0 saturated carbocycles. The van der Waals surface area contributed by atoms with Crippen LogP contribution >= 0.6 is 11.8 Å². The highest BCUT2D eigenvalue weighted by Crippen LogP contribution is 2.36. The first kappa shape index (κ1) is 22.3. The third kappa shape index (κ3) is 4.34. The fraction of sp³-hybridized carbons (Fsp3) is 0.391. The number of thioether (sulfide) groups is 1. The minimum Gasteiger partial charge on any atom is -0.454 e. The molecule has 1 N–H and O–H groups in total. The molecule has 0 unspecified atom stereocenters. The molecule has 0 spiro atoms. The minimum atomic E-state index is -0.268. The van der Waals surface area contributed by atoms with Crippen molar-refractivity contribution in [3.05, 3.63) is 35.0 Å². The van der Waals surface area contributed by atoms with E-state index in [9.17, 15) is 10.1 Å². The SMILES string of the molecule is Cc1c(C#N)c(NC(=O)CSc2nnc(-c3ccc4c(c3)OCO4)o2)n(C[C@@H]2CCCO2)c1C. The number of hydrogen-bond donors (Lipinski definition) is 1. The lowest BCUT2D eigenvalue weighted by Crippen LogP contribution is -2.22. The molecule has 2 aliphatic rings. The molecule has 1 atom stereocenters. The lowest BCUT2D eigenvalue weighted by Gasteiger charge is -2.16. The van der Waals surface area contributed by atoms with E-state index in [0.29, 0.717) is 40.9 Å². The van der Waals surface area contributed by atoms with Gasteiger partial charge in [-0.3, -0.25) is 4.79 Å². The van der Waals surface area contributed by atoms with E-state index < -0.39 is 0 Å². The molecule has 34 heavy (non-hydrogen) atoms. The van der Waals surface area contributed by atoms with Crippen LogP contribution in [0.25, 0.3) is 11.5 Å². The molecule has 10 nitrogen and oxygen atoms in total. The Kier molecular flexibility index (Phi) is 6.17. The first-order valence-electron chi connectivity index (χ1n) is 10.9. The van der Waals surface area contributed by atoms with Crippen molar-refractivity contribution in [1.29, 1.82) is 5.26 Å². The molecule has 1 fully saturated rings. The van der Waals surface area contributed by atoms with Gasteiger partial charge in [0.15, 0.2) is 11.5 Å². The number of nitrogens with one attached hydrogen (secondary N) is 1. The average Bonchev–Trinajstić information content (AvgIpc) is 3.63. The van der Waals surface area contributed by atoms with Crippen LogP contribution in [0.1, 0.15) is 29.7 Å². The molecule has 4 heterocycles. The minimum absolute atomic E-state index is 0.0524. The van der Waals surface area contributed by atoms with Gasteiger partial charge in [-0.1, -0.05) is 11.8 Å². The summed E-state index contributed by atoms with van der Waals surface area (Å²) in [5.41, 5.74) is 2.97. The number of carbonyl (C=O) groups is 1. The Morgan fingerprint density at radius 2 is 2.15 bits per heavy atom. The number of ether oxygens (including phenoxy) is 3. The van der Waals surface area contributed by atoms with Crippen LogP contribution in [0.4, 0.5) is 5.82 Å². The van der Waals surface area contributed by atoms with E-state index in [-0.39, 0.29) is 29.8 Å². The van der Waals surface area contributed by atoms with Gasteiger partial charge in [0.25, 0.3) is 5.22 Å². The number of amides is 1. The van der Waals surface area contributed by atoms with Crippen LogP contribution in [0, 0.1) is 25.2 Å². The third-order valence-electron chi connectivity index (χ3n) is 5.96. The summed E-state index contributed by atoms with van der Waals surface area (Å²) >= 11 is 1.13. The number of fused-ring (bicyclic) bond motifs is 1. The zero-order valence-electron chi connectivity index (χ0n) is 18.8.